The molecule has 4 rings (SSSR count). The number of aromatic hydroxyl groups is 2. The standard InChI is InChI=1S/C23H25N3O4/c1-4-30-23(29)22-25-24-21(18-11-17(13(2)3)19(27)12-20(18)28)26(22)16-9-8-14-6-5-7-15(14)10-16/h8-13,27-28H,4-7H2,1-3H3. The first kappa shape index (κ1) is 19.9. The van der Waals surface area contributed by atoms with Crippen molar-refractivity contribution < 1.29 is 19.7 Å². The maximum absolute atomic E-state index is 12.6. The summed E-state index contributed by atoms with van der Waals surface area (Å²) in [6.45, 7) is 5.85. The zero-order chi connectivity index (χ0) is 21.4. The van der Waals surface area contributed by atoms with Crippen LogP contribution in [0.15, 0.2) is 30.3 Å². The molecule has 156 valence electrons. The van der Waals surface area contributed by atoms with Gasteiger partial charge in [-0.2, -0.15) is 0 Å². The van der Waals surface area contributed by atoms with E-state index in [2.05, 4.69) is 16.3 Å². The minimum Gasteiger partial charge on any atom is -0.508 e. The molecule has 0 atom stereocenters. The molecule has 1 aliphatic carbocycles. The van der Waals surface area contributed by atoms with Gasteiger partial charge in [0.1, 0.15) is 11.5 Å². The molecule has 7 heteroatoms. The van der Waals surface area contributed by atoms with E-state index < -0.39 is 5.97 Å². The Hall–Kier alpha value is -3.35. The summed E-state index contributed by atoms with van der Waals surface area (Å²) in [7, 11) is 0. The lowest BCUT2D eigenvalue weighted by Crippen LogP contribution is -2.13. The molecule has 1 heterocycles. The van der Waals surface area contributed by atoms with Crippen molar-refractivity contribution in [3.05, 3.63) is 52.8 Å². The summed E-state index contributed by atoms with van der Waals surface area (Å²) < 4.78 is 6.80. The molecule has 0 spiro atoms. The van der Waals surface area contributed by atoms with Crippen LogP contribution in [0, 0.1) is 0 Å². The lowest BCUT2D eigenvalue weighted by Gasteiger charge is -2.15. The van der Waals surface area contributed by atoms with E-state index in [0.717, 1.165) is 24.9 Å². The number of rotatable bonds is 5. The zero-order valence-corrected chi connectivity index (χ0v) is 17.3. The number of fused-ring (bicyclic) bond motifs is 1. The van der Waals surface area contributed by atoms with Crippen LogP contribution >= 0.6 is 0 Å². The smallest absolute Gasteiger partial charge is 0.376 e. The monoisotopic (exact) mass is 407 g/mol. The number of aryl methyl sites for hydroxylation is 2. The molecule has 0 amide bonds. The molecular formula is C23H25N3O4. The molecule has 0 saturated carbocycles. The largest absolute Gasteiger partial charge is 0.508 e. The number of ether oxygens (including phenoxy) is 1. The minimum atomic E-state index is -0.584. The molecule has 7 nitrogen and oxygen atoms in total. The summed E-state index contributed by atoms with van der Waals surface area (Å²) >= 11 is 0. The summed E-state index contributed by atoms with van der Waals surface area (Å²) in [5, 5.41) is 29.1. The van der Waals surface area contributed by atoms with Gasteiger partial charge in [-0.1, -0.05) is 19.9 Å². The molecule has 3 aromatic rings. The van der Waals surface area contributed by atoms with Crippen molar-refractivity contribution in [3.8, 4) is 28.6 Å². The topological polar surface area (TPSA) is 97.5 Å². The highest BCUT2D eigenvalue weighted by Gasteiger charge is 2.26. The van der Waals surface area contributed by atoms with Gasteiger partial charge in [0.15, 0.2) is 5.82 Å². The first-order valence-electron chi connectivity index (χ1n) is 10.2. The number of hydrogen-bond donors (Lipinski definition) is 2. The van der Waals surface area contributed by atoms with Gasteiger partial charge in [0.05, 0.1) is 12.2 Å². The van der Waals surface area contributed by atoms with Gasteiger partial charge in [-0.05, 0) is 67.0 Å². The van der Waals surface area contributed by atoms with Gasteiger partial charge in [0, 0.05) is 11.8 Å². The molecule has 0 aliphatic heterocycles. The third kappa shape index (κ3) is 3.40. The second-order valence-corrected chi connectivity index (χ2v) is 7.79. The van der Waals surface area contributed by atoms with Gasteiger partial charge in [0.2, 0.25) is 5.82 Å². The lowest BCUT2D eigenvalue weighted by molar-refractivity contribution is 0.0509. The molecule has 0 fully saturated rings. The number of carbonyl (C=O) groups is 1. The molecule has 30 heavy (non-hydrogen) atoms. The molecule has 1 aliphatic rings. The summed E-state index contributed by atoms with van der Waals surface area (Å²) in [6, 6.07) is 9.03. The fraction of sp³-hybridized carbons (Fsp3) is 0.348. The van der Waals surface area contributed by atoms with Crippen molar-refractivity contribution in [1.82, 2.24) is 14.8 Å². The molecule has 0 bridgehead atoms. The van der Waals surface area contributed by atoms with Crippen LogP contribution < -0.4 is 0 Å². The van der Waals surface area contributed by atoms with Crippen molar-refractivity contribution in [2.45, 2.75) is 46.0 Å². The Morgan fingerprint density at radius 2 is 1.87 bits per heavy atom. The number of phenols is 2. The van der Waals surface area contributed by atoms with Crippen LogP contribution in [0.2, 0.25) is 0 Å². The molecule has 2 aromatic carbocycles. The average Bonchev–Trinajstić information content (AvgIpc) is 3.34. The third-order valence-electron chi connectivity index (χ3n) is 5.47. The highest BCUT2D eigenvalue weighted by molar-refractivity contribution is 5.87. The number of phenolic OH excluding ortho intramolecular Hbond substituents is 2. The van der Waals surface area contributed by atoms with Crippen molar-refractivity contribution >= 4 is 5.97 Å². The SMILES string of the molecule is CCOC(=O)c1nnc(-c2cc(C(C)C)c(O)cc2O)n1-c1ccc2c(c1)CCC2. The quantitative estimate of drug-likeness (QED) is 0.617. The summed E-state index contributed by atoms with van der Waals surface area (Å²) in [5.74, 6) is -0.314. The normalized spacial score (nSPS) is 12.9. The van der Waals surface area contributed by atoms with Crippen LogP contribution in [-0.2, 0) is 17.6 Å². The second-order valence-electron chi connectivity index (χ2n) is 7.79. The number of aromatic nitrogens is 3. The molecule has 0 saturated heterocycles. The zero-order valence-electron chi connectivity index (χ0n) is 17.3. The van der Waals surface area contributed by atoms with E-state index in [9.17, 15) is 15.0 Å². The summed E-state index contributed by atoms with van der Waals surface area (Å²) in [6.07, 6.45) is 3.14. The average molecular weight is 407 g/mol. The van der Waals surface area contributed by atoms with Crippen LogP contribution in [0.3, 0.4) is 0 Å². The predicted octanol–water partition coefficient (Wildman–Crippen LogP) is 4.13. The Kier molecular flexibility index (Phi) is 5.20. The Morgan fingerprint density at radius 3 is 2.60 bits per heavy atom. The number of nitrogens with zero attached hydrogens (tertiary/aromatic N) is 3. The van der Waals surface area contributed by atoms with Gasteiger partial charge in [-0.3, -0.25) is 4.57 Å². The van der Waals surface area contributed by atoms with Gasteiger partial charge in [-0.15, -0.1) is 10.2 Å². The van der Waals surface area contributed by atoms with Gasteiger partial charge in [-0.25, -0.2) is 4.79 Å². The van der Waals surface area contributed by atoms with E-state index in [1.54, 1.807) is 17.6 Å². The highest BCUT2D eigenvalue weighted by atomic mass is 16.5. The van der Waals surface area contributed by atoms with Gasteiger partial charge in [0.25, 0.3) is 0 Å². The lowest BCUT2D eigenvalue weighted by atomic mass is 9.98. The molecular weight excluding hydrogens is 382 g/mol. The van der Waals surface area contributed by atoms with E-state index in [4.69, 9.17) is 4.74 Å². The third-order valence-corrected chi connectivity index (χ3v) is 5.47. The first-order valence-corrected chi connectivity index (χ1v) is 10.2. The van der Waals surface area contributed by atoms with E-state index in [1.165, 1.54) is 17.2 Å². The van der Waals surface area contributed by atoms with Crippen LogP contribution in [0.1, 0.15) is 60.4 Å². The molecule has 1 aromatic heterocycles. The van der Waals surface area contributed by atoms with Crippen LogP contribution in [0.25, 0.3) is 17.1 Å². The highest BCUT2D eigenvalue weighted by Crippen LogP contribution is 2.38. The van der Waals surface area contributed by atoms with E-state index in [-0.39, 0.29) is 29.8 Å². The van der Waals surface area contributed by atoms with E-state index in [0.29, 0.717) is 17.0 Å². The maximum atomic E-state index is 12.6. The fourth-order valence-corrected chi connectivity index (χ4v) is 3.96. The Labute approximate surface area is 175 Å². The summed E-state index contributed by atoms with van der Waals surface area (Å²) in [5.41, 5.74) is 4.33. The van der Waals surface area contributed by atoms with Gasteiger partial charge >= 0.3 is 5.97 Å². The molecule has 2 N–H and O–H groups in total. The van der Waals surface area contributed by atoms with Crippen LogP contribution in [0.5, 0.6) is 11.5 Å². The Bertz CT molecular complexity index is 1120. The number of esters is 1. The van der Waals surface area contributed by atoms with Gasteiger partial charge < -0.3 is 14.9 Å². The fourth-order valence-electron chi connectivity index (χ4n) is 3.96. The van der Waals surface area contributed by atoms with Crippen molar-refractivity contribution in [1.29, 1.82) is 0 Å². The Balaban J connectivity index is 1.94. The van der Waals surface area contributed by atoms with Crippen LogP contribution in [-0.4, -0.2) is 37.6 Å². The number of benzene rings is 2. The van der Waals surface area contributed by atoms with Crippen molar-refractivity contribution in [3.63, 3.8) is 0 Å². The first-order chi connectivity index (χ1) is 14.4. The predicted molar refractivity (Wildman–Crippen MR) is 112 cm³/mol. The second kappa shape index (κ2) is 7.82. The van der Waals surface area contributed by atoms with Crippen molar-refractivity contribution in [2.24, 2.45) is 0 Å². The van der Waals surface area contributed by atoms with E-state index in [1.807, 2.05) is 26.0 Å². The summed E-state index contributed by atoms with van der Waals surface area (Å²) in [4.78, 5) is 12.6. The van der Waals surface area contributed by atoms with Crippen LogP contribution in [0.4, 0.5) is 0 Å². The number of carbonyl (C=O) groups excluding carboxylic acids is 1. The minimum absolute atomic E-state index is 0.0143. The van der Waals surface area contributed by atoms with E-state index >= 15 is 0 Å². The van der Waals surface area contributed by atoms with Crippen molar-refractivity contribution in [2.75, 3.05) is 6.61 Å². The molecule has 0 radical (unpaired) electrons. The maximum Gasteiger partial charge on any atom is 0.376 e. The Morgan fingerprint density at radius 1 is 1.10 bits per heavy atom. The molecule has 0 unspecified atom stereocenters. The number of hydrogen-bond acceptors (Lipinski definition) is 6.